The van der Waals surface area contributed by atoms with Crippen LogP contribution in [0.15, 0.2) is 24.5 Å². The third kappa shape index (κ3) is 3.69. The van der Waals surface area contributed by atoms with Gasteiger partial charge in [0, 0.05) is 35.5 Å². The van der Waals surface area contributed by atoms with Crippen molar-refractivity contribution in [3.8, 4) is 16.9 Å². The van der Waals surface area contributed by atoms with Crippen molar-refractivity contribution in [3.05, 3.63) is 30.1 Å². The molecule has 3 aliphatic rings. The first-order valence-electron chi connectivity index (χ1n) is 11.5. The molecule has 1 saturated heterocycles. The number of carbonyl (C=O) groups is 1. The van der Waals surface area contributed by atoms with E-state index in [0.717, 1.165) is 73.3 Å². The van der Waals surface area contributed by atoms with Crippen molar-refractivity contribution in [2.24, 2.45) is 0 Å². The van der Waals surface area contributed by atoms with Crippen LogP contribution in [0.3, 0.4) is 0 Å². The predicted octanol–water partition coefficient (Wildman–Crippen LogP) is 4.27. The largest absolute Gasteiger partial charge is 0.489 e. The summed E-state index contributed by atoms with van der Waals surface area (Å²) >= 11 is 0. The highest BCUT2D eigenvalue weighted by molar-refractivity contribution is 5.92. The molecule has 2 unspecified atom stereocenters. The molecule has 1 amide bonds. The maximum atomic E-state index is 12.5. The number of fused-ring (bicyclic) bond motifs is 1. The van der Waals surface area contributed by atoms with Crippen molar-refractivity contribution >= 4 is 11.8 Å². The summed E-state index contributed by atoms with van der Waals surface area (Å²) < 4.78 is 13.7. The summed E-state index contributed by atoms with van der Waals surface area (Å²) in [7, 11) is 3.60. The molecule has 3 heterocycles. The summed E-state index contributed by atoms with van der Waals surface area (Å²) in [6.07, 6.45) is 10.4. The summed E-state index contributed by atoms with van der Waals surface area (Å²) in [5.74, 6) is 0.922. The zero-order valence-corrected chi connectivity index (χ0v) is 18.7. The van der Waals surface area contributed by atoms with E-state index >= 15 is 0 Å². The Morgan fingerprint density at radius 3 is 2.71 bits per heavy atom. The first-order chi connectivity index (χ1) is 15.0. The van der Waals surface area contributed by atoms with Gasteiger partial charge in [-0.15, -0.1) is 0 Å². The number of anilines is 1. The van der Waals surface area contributed by atoms with Gasteiger partial charge in [-0.05, 0) is 71.2 Å². The molecule has 1 saturated carbocycles. The second-order valence-electron chi connectivity index (χ2n) is 9.25. The van der Waals surface area contributed by atoms with Gasteiger partial charge in [-0.25, -0.2) is 4.79 Å². The molecule has 2 fully saturated rings. The number of amides is 1. The van der Waals surface area contributed by atoms with Crippen molar-refractivity contribution in [2.45, 2.75) is 63.6 Å². The van der Waals surface area contributed by atoms with Crippen LogP contribution in [0.1, 0.15) is 50.6 Å². The Hall–Kier alpha value is -2.54. The first-order valence-corrected chi connectivity index (χ1v) is 11.5. The number of hydrogen-bond donors (Lipinski definition) is 0. The zero-order chi connectivity index (χ0) is 21.5. The number of benzene rings is 1. The topological polar surface area (TPSA) is 59.8 Å². The fraction of sp³-hybridized carbons (Fsp3) is 0.583. The Kier molecular flexibility index (Phi) is 5.38. The Morgan fingerprint density at radius 1 is 1.19 bits per heavy atom. The standard InChI is InChI=1S/C24H32N4O3/c1-16-7-8-21-22(28(16)24(29)30-3)10-9-20(23(21)31-19-5-4-6-19)17-13-25-27(14-17)18-11-12-26(2)15-18/h9-10,13-14,16,18-19H,4-8,11-12,15H2,1-3H3. The molecule has 0 bridgehead atoms. The second-order valence-corrected chi connectivity index (χ2v) is 9.25. The number of ether oxygens (including phenoxy) is 2. The quantitative estimate of drug-likeness (QED) is 0.734. The van der Waals surface area contributed by atoms with Crippen LogP contribution >= 0.6 is 0 Å². The highest BCUT2D eigenvalue weighted by atomic mass is 16.5. The minimum Gasteiger partial charge on any atom is -0.489 e. The molecule has 5 rings (SSSR count). The SMILES string of the molecule is COC(=O)N1c2ccc(-c3cnn(C4CCN(C)C4)c3)c(OC3CCC3)c2CCC1C. The van der Waals surface area contributed by atoms with Crippen LogP contribution in [-0.4, -0.2) is 60.2 Å². The molecule has 31 heavy (non-hydrogen) atoms. The summed E-state index contributed by atoms with van der Waals surface area (Å²) in [6.45, 7) is 4.21. The molecule has 0 spiro atoms. The number of carbonyl (C=O) groups excluding carboxylic acids is 1. The molecule has 2 aliphatic heterocycles. The molecular weight excluding hydrogens is 392 g/mol. The lowest BCUT2D eigenvalue weighted by Crippen LogP contribution is -2.42. The predicted molar refractivity (Wildman–Crippen MR) is 120 cm³/mol. The van der Waals surface area contributed by atoms with E-state index < -0.39 is 0 Å². The third-order valence-corrected chi connectivity index (χ3v) is 7.11. The van der Waals surface area contributed by atoms with Gasteiger partial charge in [0.1, 0.15) is 5.75 Å². The number of aromatic nitrogens is 2. The summed E-state index contributed by atoms with van der Waals surface area (Å²) in [4.78, 5) is 16.6. The van der Waals surface area contributed by atoms with Gasteiger partial charge >= 0.3 is 6.09 Å². The molecule has 1 aliphatic carbocycles. The molecular formula is C24H32N4O3. The highest BCUT2D eigenvalue weighted by Gasteiger charge is 2.33. The fourth-order valence-electron chi connectivity index (χ4n) is 5.00. The average Bonchev–Trinajstić information content (AvgIpc) is 3.39. The van der Waals surface area contributed by atoms with Crippen molar-refractivity contribution in [1.29, 1.82) is 0 Å². The molecule has 0 N–H and O–H groups in total. The third-order valence-electron chi connectivity index (χ3n) is 7.11. The Balaban J connectivity index is 1.55. The van der Waals surface area contributed by atoms with E-state index in [2.05, 4.69) is 35.8 Å². The minimum atomic E-state index is -0.311. The van der Waals surface area contributed by atoms with Gasteiger partial charge in [0.15, 0.2) is 0 Å². The summed E-state index contributed by atoms with van der Waals surface area (Å²) in [5, 5.41) is 4.69. The molecule has 166 valence electrons. The van der Waals surface area contributed by atoms with E-state index in [1.165, 1.54) is 13.5 Å². The lowest BCUT2D eigenvalue weighted by molar-refractivity contribution is 0.119. The van der Waals surface area contributed by atoms with Gasteiger partial charge in [-0.2, -0.15) is 5.10 Å². The Labute approximate surface area is 183 Å². The van der Waals surface area contributed by atoms with Crippen LogP contribution in [-0.2, 0) is 11.2 Å². The van der Waals surface area contributed by atoms with E-state index in [9.17, 15) is 4.79 Å². The molecule has 2 aromatic rings. The molecule has 0 radical (unpaired) electrons. The van der Waals surface area contributed by atoms with Crippen molar-refractivity contribution in [1.82, 2.24) is 14.7 Å². The van der Waals surface area contributed by atoms with Gasteiger partial charge in [0.2, 0.25) is 0 Å². The van der Waals surface area contributed by atoms with Crippen LogP contribution in [0.4, 0.5) is 10.5 Å². The number of likely N-dealkylation sites (N-methyl/N-ethyl adjacent to an activating group) is 1. The number of methoxy groups -OCH3 is 1. The van der Waals surface area contributed by atoms with E-state index in [4.69, 9.17) is 14.6 Å². The summed E-state index contributed by atoms with van der Waals surface area (Å²) in [6, 6.07) is 4.65. The van der Waals surface area contributed by atoms with Gasteiger partial charge in [-0.1, -0.05) is 0 Å². The minimum absolute atomic E-state index is 0.101. The van der Waals surface area contributed by atoms with Crippen LogP contribution < -0.4 is 9.64 Å². The highest BCUT2D eigenvalue weighted by Crippen LogP contribution is 2.44. The van der Waals surface area contributed by atoms with E-state index in [1.54, 1.807) is 4.90 Å². The normalized spacial score (nSPS) is 24.0. The maximum absolute atomic E-state index is 12.5. The monoisotopic (exact) mass is 424 g/mol. The van der Waals surface area contributed by atoms with Gasteiger partial charge in [0.05, 0.1) is 31.1 Å². The van der Waals surface area contributed by atoms with Crippen LogP contribution in [0.25, 0.3) is 11.1 Å². The van der Waals surface area contributed by atoms with Crippen molar-refractivity contribution in [3.63, 3.8) is 0 Å². The molecule has 1 aromatic heterocycles. The van der Waals surface area contributed by atoms with Crippen LogP contribution in [0.5, 0.6) is 5.75 Å². The van der Waals surface area contributed by atoms with Crippen molar-refractivity contribution in [2.75, 3.05) is 32.1 Å². The smallest absolute Gasteiger partial charge is 0.414 e. The van der Waals surface area contributed by atoms with Crippen molar-refractivity contribution < 1.29 is 14.3 Å². The maximum Gasteiger partial charge on any atom is 0.414 e. The lowest BCUT2D eigenvalue weighted by Gasteiger charge is -2.37. The summed E-state index contributed by atoms with van der Waals surface area (Å²) in [5.41, 5.74) is 4.17. The van der Waals surface area contributed by atoms with Gasteiger partial charge in [0.25, 0.3) is 0 Å². The van der Waals surface area contributed by atoms with E-state index in [0.29, 0.717) is 6.04 Å². The molecule has 7 nitrogen and oxygen atoms in total. The number of nitrogens with zero attached hydrogens (tertiary/aromatic N) is 4. The molecule has 2 atom stereocenters. The zero-order valence-electron chi connectivity index (χ0n) is 18.7. The van der Waals surface area contributed by atoms with E-state index in [1.807, 2.05) is 12.3 Å². The van der Waals surface area contributed by atoms with Crippen LogP contribution in [0, 0.1) is 0 Å². The number of rotatable bonds is 4. The van der Waals surface area contributed by atoms with Crippen LogP contribution in [0.2, 0.25) is 0 Å². The lowest BCUT2D eigenvalue weighted by atomic mass is 9.91. The first kappa shape index (κ1) is 20.4. The molecule has 1 aromatic carbocycles. The second kappa shape index (κ2) is 8.19. The average molecular weight is 425 g/mol. The van der Waals surface area contributed by atoms with Gasteiger partial charge in [-0.3, -0.25) is 9.58 Å². The Bertz CT molecular complexity index is 968. The van der Waals surface area contributed by atoms with E-state index in [-0.39, 0.29) is 18.2 Å². The number of likely N-dealkylation sites (tertiary alicyclic amines) is 1. The molecule has 7 heteroatoms. The number of hydrogen-bond acceptors (Lipinski definition) is 5. The van der Waals surface area contributed by atoms with Gasteiger partial charge < -0.3 is 14.4 Å². The Morgan fingerprint density at radius 2 is 2.03 bits per heavy atom. The fourth-order valence-corrected chi connectivity index (χ4v) is 5.00.